The van der Waals surface area contributed by atoms with Crippen molar-refractivity contribution in [2.75, 3.05) is 62.4 Å². The molecule has 1 heterocycles. The summed E-state index contributed by atoms with van der Waals surface area (Å²) in [5.41, 5.74) is 1.72. The monoisotopic (exact) mass is 398 g/mol. The average molecular weight is 399 g/mol. The first-order chi connectivity index (χ1) is 13.0. The van der Waals surface area contributed by atoms with Crippen LogP contribution in [0, 0.1) is 0 Å². The van der Waals surface area contributed by atoms with Crippen LogP contribution in [0.2, 0.25) is 0 Å². The minimum Gasteiger partial charge on any atom is -0.383 e. The Morgan fingerprint density at radius 1 is 1.15 bits per heavy atom. The molecule has 1 aromatic rings. The molecule has 152 valence electrons. The smallest absolute Gasteiger partial charge is 0.319 e. The molecule has 0 spiro atoms. The maximum atomic E-state index is 12.3. The molecule has 8 nitrogen and oxygen atoms in total. The average Bonchev–Trinajstić information content (AvgIpc) is 2.67. The summed E-state index contributed by atoms with van der Waals surface area (Å²) < 4.78 is 31.0. The van der Waals surface area contributed by atoms with Crippen LogP contribution in [0.15, 0.2) is 24.3 Å². The summed E-state index contributed by atoms with van der Waals surface area (Å²) in [5.74, 6) is 0.232. The summed E-state index contributed by atoms with van der Waals surface area (Å²) >= 11 is 0. The molecule has 2 rings (SSSR count). The number of carbonyl (C=O) groups excluding carboxylic acids is 1. The third-order valence-electron chi connectivity index (χ3n) is 4.47. The van der Waals surface area contributed by atoms with Crippen molar-refractivity contribution in [3.05, 3.63) is 24.3 Å². The molecule has 27 heavy (non-hydrogen) atoms. The van der Waals surface area contributed by atoms with Crippen molar-refractivity contribution in [3.8, 4) is 0 Å². The van der Waals surface area contributed by atoms with Gasteiger partial charge in [0.2, 0.25) is 10.0 Å². The van der Waals surface area contributed by atoms with E-state index >= 15 is 0 Å². The molecule has 0 atom stereocenters. The molecule has 1 fully saturated rings. The molecule has 9 heteroatoms. The quantitative estimate of drug-likeness (QED) is 0.618. The number of sulfonamides is 1. The maximum absolute atomic E-state index is 12.3. The Bertz CT molecular complexity index is 686. The van der Waals surface area contributed by atoms with Gasteiger partial charge in [-0.25, -0.2) is 13.2 Å². The molecule has 1 aromatic carbocycles. The molecule has 0 aliphatic carbocycles. The van der Waals surface area contributed by atoms with Crippen LogP contribution in [-0.2, 0) is 14.8 Å². The molecular weight excluding hydrogens is 368 g/mol. The van der Waals surface area contributed by atoms with Crippen molar-refractivity contribution in [2.24, 2.45) is 0 Å². The molecule has 0 unspecified atom stereocenters. The number of rotatable bonds is 9. The summed E-state index contributed by atoms with van der Waals surface area (Å²) in [6.07, 6.45) is 1.58. The van der Waals surface area contributed by atoms with Gasteiger partial charge in [-0.15, -0.1) is 0 Å². The number of benzene rings is 1. The number of carbonyl (C=O) groups is 1. The number of urea groups is 1. The van der Waals surface area contributed by atoms with Crippen LogP contribution >= 0.6 is 0 Å². The summed E-state index contributed by atoms with van der Waals surface area (Å²) in [5, 5.41) is 5.46. The first-order valence-electron chi connectivity index (χ1n) is 9.33. The van der Waals surface area contributed by atoms with Gasteiger partial charge in [0.25, 0.3) is 0 Å². The number of ether oxygens (including phenoxy) is 1. The minimum atomic E-state index is -3.14. The Morgan fingerprint density at radius 3 is 2.41 bits per heavy atom. The van der Waals surface area contributed by atoms with Crippen molar-refractivity contribution < 1.29 is 17.9 Å². The molecule has 0 aromatic heterocycles. The van der Waals surface area contributed by atoms with E-state index in [1.807, 2.05) is 31.2 Å². The number of unbranched alkanes of at least 4 members (excludes halogenated alkanes) is 1. The molecular formula is C18H30N4O4S. The van der Waals surface area contributed by atoms with Crippen LogP contribution in [0.4, 0.5) is 16.2 Å². The summed E-state index contributed by atoms with van der Waals surface area (Å²) in [6.45, 7) is 5.25. The van der Waals surface area contributed by atoms with Crippen molar-refractivity contribution >= 4 is 27.4 Å². The van der Waals surface area contributed by atoms with E-state index in [4.69, 9.17) is 4.74 Å². The lowest BCUT2D eigenvalue weighted by molar-refractivity contribution is 0.198. The first kappa shape index (κ1) is 21.5. The van der Waals surface area contributed by atoms with Gasteiger partial charge in [0.05, 0.1) is 12.4 Å². The number of methoxy groups -OCH3 is 1. The number of anilines is 2. The van der Waals surface area contributed by atoms with Crippen LogP contribution in [0.5, 0.6) is 0 Å². The van der Waals surface area contributed by atoms with E-state index < -0.39 is 10.0 Å². The predicted molar refractivity (Wildman–Crippen MR) is 108 cm³/mol. The van der Waals surface area contributed by atoms with E-state index in [1.165, 1.54) is 0 Å². The second kappa shape index (κ2) is 10.5. The Morgan fingerprint density at radius 2 is 1.81 bits per heavy atom. The predicted octanol–water partition coefficient (Wildman–Crippen LogP) is 1.71. The number of hydrogen-bond acceptors (Lipinski definition) is 5. The molecule has 0 bridgehead atoms. The zero-order chi connectivity index (χ0) is 19.7. The fourth-order valence-corrected chi connectivity index (χ4v) is 4.51. The van der Waals surface area contributed by atoms with Gasteiger partial charge in [-0.1, -0.05) is 13.3 Å². The zero-order valence-electron chi connectivity index (χ0n) is 16.1. The number of hydrogen-bond donors (Lipinski definition) is 2. The van der Waals surface area contributed by atoms with Gasteiger partial charge in [0.15, 0.2) is 0 Å². The number of amides is 2. The number of piperazine rings is 1. The van der Waals surface area contributed by atoms with Crippen LogP contribution in [0.1, 0.15) is 19.8 Å². The lowest BCUT2D eigenvalue weighted by atomic mass is 10.2. The Hall–Kier alpha value is -1.84. The van der Waals surface area contributed by atoms with Crippen molar-refractivity contribution in [1.29, 1.82) is 0 Å². The lowest BCUT2D eigenvalue weighted by Crippen LogP contribution is -2.49. The van der Waals surface area contributed by atoms with Crippen LogP contribution < -0.4 is 15.5 Å². The Labute approximate surface area is 161 Å². The van der Waals surface area contributed by atoms with Crippen molar-refractivity contribution in [2.45, 2.75) is 19.8 Å². The van der Waals surface area contributed by atoms with Gasteiger partial charge in [0, 0.05) is 51.2 Å². The Balaban J connectivity index is 1.83. The highest BCUT2D eigenvalue weighted by molar-refractivity contribution is 7.89. The summed E-state index contributed by atoms with van der Waals surface area (Å²) in [4.78, 5) is 13.9. The molecule has 1 saturated heterocycles. The van der Waals surface area contributed by atoms with E-state index in [-0.39, 0.29) is 11.8 Å². The highest BCUT2D eigenvalue weighted by atomic mass is 32.2. The highest BCUT2D eigenvalue weighted by Gasteiger charge is 2.26. The molecule has 2 N–H and O–H groups in total. The normalized spacial score (nSPS) is 15.6. The number of nitrogens with one attached hydrogen (secondary N) is 2. The second-order valence-corrected chi connectivity index (χ2v) is 8.56. The lowest BCUT2D eigenvalue weighted by Gasteiger charge is -2.35. The topological polar surface area (TPSA) is 91.0 Å². The molecule has 1 aliphatic rings. The maximum Gasteiger partial charge on any atom is 0.319 e. The van der Waals surface area contributed by atoms with E-state index in [9.17, 15) is 13.2 Å². The van der Waals surface area contributed by atoms with Gasteiger partial charge in [0.1, 0.15) is 0 Å². The van der Waals surface area contributed by atoms with Gasteiger partial charge in [-0.05, 0) is 30.7 Å². The van der Waals surface area contributed by atoms with Gasteiger partial charge in [-0.2, -0.15) is 4.31 Å². The summed E-state index contributed by atoms with van der Waals surface area (Å²) in [7, 11) is -1.56. The molecule has 1 aliphatic heterocycles. The van der Waals surface area contributed by atoms with Gasteiger partial charge in [-0.3, -0.25) is 0 Å². The van der Waals surface area contributed by atoms with Crippen LogP contribution in [0.3, 0.4) is 0 Å². The standard InChI is InChI=1S/C18H30N4O4S/c1-3-4-15-27(24,25)22-12-10-21(11-13-22)17-7-5-16(6-8-17)20-18(23)19-9-14-26-2/h5-8H,3-4,9-15H2,1-2H3,(H2,19,20,23). The largest absolute Gasteiger partial charge is 0.383 e. The number of nitrogens with zero attached hydrogens (tertiary/aromatic N) is 2. The third kappa shape index (κ3) is 6.67. The highest BCUT2D eigenvalue weighted by Crippen LogP contribution is 2.20. The van der Waals surface area contributed by atoms with Crippen molar-refractivity contribution in [3.63, 3.8) is 0 Å². The van der Waals surface area contributed by atoms with Crippen LogP contribution in [0.25, 0.3) is 0 Å². The SMILES string of the molecule is CCCCS(=O)(=O)N1CCN(c2ccc(NC(=O)NCCOC)cc2)CC1. The Kier molecular flexibility index (Phi) is 8.33. The zero-order valence-corrected chi connectivity index (χ0v) is 16.9. The molecule has 0 radical (unpaired) electrons. The van der Waals surface area contributed by atoms with Gasteiger partial charge < -0.3 is 20.3 Å². The van der Waals surface area contributed by atoms with E-state index in [0.29, 0.717) is 51.4 Å². The summed E-state index contributed by atoms with van der Waals surface area (Å²) in [6, 6.07) is 7.29. The van der Waals surface area contributed by atoms with E-state index in [2.05, 4.69) is 15.5 Å². The van der Waals surface area contributed by atoms with Gasteiger partial charge >= 0.3 is 6.03 Å². The van der Waals surface area contributed by atoms with Crippen molar-refractivity contribution in [1.82, 2.24) is 9.62 Å². The second-order valence-electron chi connectivity index (χ2n) is 6.48. The van der Waals surface area contributed by atoms with E-state index in [0.717, 1.165) is 12.1 Å². The molecule has 2 amide bonds. The third-order valence-corrected chi connectivity index (χ3v) is 6.43. The fourth-order valence-electron chi connectivity index (χ4n) is 2.88. The first-order valence-corrected chi connectivity index (χ1v) is 10.9. The van der Waals surface area contributed by atoms with E-state index in [1.54, 1.807) is 11.4 Å². The minimum absolute atomic E-state index is 0.232. The molecule has 0 saturated carbocycles. The fraction of sp³-hybridized carbons (Fsp3) is 0.611. The van der Waals surface area contributed by atoms with Crippen LogP contribution in [-0.4, -0.2) is 70.9 Å².